The van der Waals surface area contributed by atoms with Crippen molar-refractivity contribution in [3.8, 4) is 5.75 Å². The second-order valence-electron chi connectivity index (χ2n) is 4.54. The second kappa shape index (κ2) is 6.90. The van der Waals surface area contributed by atoms with Crippen LogP contribution in [-0.4, -0.2) is 23.5 Å². The Morgan fingerprint density at radius 2 is 1.54 bits per heavy atom. The SMILES string of the molecule is O=C(O)Nc1ccc(NC(=O)c2cccc(OC(F)(F)F)c2)cc1. The third-order valence-electron chi connectivity index (χ3n) is 2.72. The van der Waals surface area contributed by atoms with E-state index in [9.17, 15) is 22.8 Å². The van der Waals surface area contributed by atoms with Crippen molar-refractivity contribution in [2.75, 3.05) is 10.6 Å². The maximum atomic E-state index is 12.2. The van der Waals surface area contributed by atoms with Gasteiger partial charge in [-0.1, -0.05) is 6.07 Å². The number of carbonyl (C=O) groups is 2. The molecule has 9 heteroatoms. The second-order valence-corrected chi connectivity index (χ2v) is 4.54. The summed E-state index contributed by atoms with van der Waals surface area (Å²) in [5.41, 5.74) is 0.628. The minimum atomic E-state index is -4.85. The Morgan fingerprint density at radius 3 is 2.08 bits per heavy atom. The molecule has 0 saturated carbocycles. The molecule has 0 atom stereocenters. The number of hydrogen-bond acceptors (Lipinski definition) is 3. The van der Waals surface area contributed by atoms with E-state index in [2.05, 4.69) is 15.4 Å². The molecule has 24 heavy (non-hydrogen) atoms. The van der Waals surface area contributed by atoms with Crippen LogP contribution in [0.4, 0.5) is 29.3 Å². The van der Waals surface area contributed by atoms with Gasteiger partial charge in [0.25, 0.3) is 5.91 Å². The van der Waals surface area contributed by atoms with Crippen molar-refractivity contribution in [2.24, 2.45) is 0 Å². The smallest absolute Gasteiger partial charge is 0.465 e. The lowest BCUT2D eigenvalue weighted by Crippen LogP contribution is -2.18. The molecule has 0 fully saturated rings. The highest BCUT2D eigenvalue weighted by Crippen LogP contribution is 2.24. The average Bonchev–Trinajstić information content (AvgIpc) is 2.47. The molecule has 2 aromatic carbocycles. The molecule has 126 valence electrons. The normalized spacial score (nSPS) is 10.8. The molecule has 2 amide bonds. The van der Waals surface area contributed by atoms with Gasteiger partial charge in [0.2, 0.25) is 0 Å². The number of alkyl halides is 3. The lowest BCUT2D eigenvalue weighted by atomic mass is 10.2. The minimum Gasteiger partial charge on any atom is -0.465 e. The molecule has 0 aliphatic carbocycles. The Kier molecular flexibility index (Phi) is 4.93. The van der Waals surface area contributed by atoms with Crippen molar-refractivity contribution in [1.82, 2.24) is 0 Å². The van der Waals surface area contributed by atoms with Crippen molar-refractivity contribution in [1.29, 1.82) is 0 Å². The summed E-state index contributed by atoms with van der Waals surface area (Å²) in [6.45, 7) is 0. The number of hydrogen-bond donors (Lipinski definition) is 3. The quantitative estimate of drug-likeness (QED) is 0.787. The molecule has 2 aromatic rings. The van der Waals surface area contributed by atoms with E-state index in [4.69, 9.17) is 5.11 Å². The zero-order valence-electron chi connectivity index (χ0n) is 11.9. The summed E-state index contributed by atoms with van der Waals surface area (Å²) < 4.78 is 40.3. The zero-order valence-corrected chi connectivity index (χ0v) is 11.9. The minimum absolute atomic E-state index is 0.0236. The molecule has 0 unspecified atom stereocenters. The fourth-order valence-electron chi connectivity index (χ4n) is 1.80. The van der Waals surface area contributed by atoms with E-state index >= 15 is 0 Å². The largest absolute Gasteiger partial charge is 0.573 e. The number of ether oxygens (including phenoxy) is 1. The fraction of sp³-hybridized carbons (Fsp3) is 0.0667. The summed E-state index contributed by atoms with van der Waals surface area (Å²) in [7, 11) is 0. The van der Waals surface area contributed by atoms with Crippen LogP contribution in [0, 0.1) is 0 Å². The number of benzene rings is 2. The van der Waals surface area contributed by atoms with Crippen LogP contribution in [0.2, 0.25) is 0 Å². The predicted octanol–water partition coefficient (Wildman–Crippen LogP) is 3.93. The number of anilines is 2. The van der Waals surface area contributed by atoms with Gasteiger partial charge in [0, 0.05) is 16.9 Å². The Bertz CT molecular complexity index is 745. The van der Waals surface area contributed by atoms with Crippen molar-refractivity contribution in [3.05, 3.63) is 54.1 Å². The van der Waals surface area contributed by atoms with Crippen LogP contribution < -0.4 is 15.4 Å². The summed E-state index contributed by atoms with van der Waals surface area (Å²) >= 11 is 0. The summed E-state index contributed by atoms with van der Waals surface area (Å²) in [5, 5.41) is 13.2. The van der Waals surface area contributed by atoms with Crippen LogP contribution in [0.25, 0.3) is 0 Å². The molecular weight excluding hydrogens is 329 g/mol. The van der Waals surface area contributed by atoms with Gasteiger partial charge in [0.05, 0.1) is 0 Å². The number of carbonyl (C=O) groups excluding carboxylic acids is 1. The molecule has 0 spiro atoms. The van der Waals surface area contributed by atoms with Crippen molar-refractivity contribution < 1.29 is 32.6 Å². The van der Waals surface area contributed by atoms with E-state index in [1.54, 1.807) is 0 Å². The van der Waals surface area contributed by atoms with Gasteiger partial charge in [-0.25, -0.2) is 4.79 Å². The molecule has 0 saturated heterocycles. The van der Waals surface area contributed by atoms with Gasteiger partial charge >= 0.3 is 12.5 Å². The first-order valence-electron chi connectivity index (χ1n) is 6.50. The van der Waals surface area contributed by atoms with E-state index in [0.29, 0.717) is 11.4 Å². The summed E-state index contributed by atoms with van der Waals surface area (Å²) in [6, 6.07) is 10.4. The number of rotatable bonds is 4. The summed E-state index contributed by atoms with van der Waals surface area (Å²) in [5.74, 6) is -1.14. The van der Waals surface area contributed by atoms with Crippen LogP contribution in [0.1, 0.15) is 10.4 Å². The monoisotopic (exact) mass is 340 g/mol. The van der Waals surface area contributed by atoms with Gasteiger partial charge in [-0.2, -0.15) is 0 Å². The van der Waals surface area contributed by atoms with Crippen LogP contribution in [0.3, 0.4) is 0 Å². The molecule has 3 N–H and O–H groups in total. The zero-order chi connectivity index (χ0) is 17.7. The molecule has 2 rings (SSSR count). The van der Waals surface area contributed by atoms with Gasteiger partial charge in [0.1, 0.15) is 5.75 Å². The summed E-state index contributed by atoms with van der Waals surface area (Å²) in [4.78, 5) is 22.5. The number of nitrogens with one attached hydrogen (secondary N) is 2. The molecule has 0 radical (unpaired) electrons. The Labute approximate surface area is 133 Å². The number of carboxylic acid groups (broad SMARTS) is 1. The van der Waals surface area contributed by atoms with Gasteiger partial charge < -0.3 is 15.2 Å². The third-order valence-corrected chi connectivity index (χ3v) is 2.72. The first kappa shape index (κ1) is 17.1. The Hall–Kier alpha value is -3.23. The van der Waals surface area contributed by atoms with Gasteiger partial charge in [0.15, 0.2) is 0 Å². The van der Waals surface area contributed by atoms with Crippen molar-refractivity contribution in [2.45, 2.75) is 6.36 Å². The van der Waals surface area contributed by atoms with Crippen molar-refractivity contribution in [3.63, 3.8) is 0 Å². The maximum absolute atomic E-state index is 12.2. The highest BCUT2D eigenvalue weighted by molar-refractivity contribution is 6.04. The van der Waals surface area contributed by atoms with Crippen LogP contribution in [0.15, 0.2) is 48.5 Å². The molecular formula is C15H11F3N2O4. The Morgan fingerprint density at radius 1 is 0.958 bits per heavy atom. The fourth-order valence-corrected chi connectivity index (χ4v) is 1.80. The first-order valence-corrected chi connectivity index (χ1v) is 6.50. The van der Waals surface area contributed by atoms with E-state index in [0.717, 1.165) is 12.1 Å². The third kappa shape index (κ3) is 5.20. The van der Waals surface area contributed by atoms with Gasteiger partial charge in [-0.05, 0) is 42.5 Å². The highest BCUT2D eigenvalue weighted by Gasteiger charge is 2.31. The molecule has 0 aliphatic rings. The lowest BCUT2D eigenvalue weighted by Gasteiger charge is -2.10. The first-order chi connectivity index (χ1) is 11.2. The predicted molar refractivity (Wildman–Crippen MR) is 79.2 cm³/mol. The molecule has 0 heterocycles. The topological polar surface area (TPSA) is 87.7 Å². The molecule has 0 aliphatic heterocycles. The van der Waals surface area contributed by atoms with E-state index in [-0.39, 0.29) is 5.56 Å². The highest BCUT2D eigenvalue weighted by atomic mass is 19.4. The lowest BCUT2D eigenvalue weighted by molar-refractivity contribution is -0.274. The molecule has 6 nitrogen and oxygen atoms in total. The number of amides is 2. The van der Waals surface area contributed by atoms with Gasteiger partial charge in [-0.3, -0.25) is 10.1 Å². The van der Waals surface area contributed by atoms with Crippen molar-refractivity contribution >= 4 is 23.4 Å². The van der Waals surface area contributed by atoms with E-state index in [1.807, 2.05) is 0 Å². The summed E-state index contributed by atoms with van der Waals surface area (Å²) in [6.07, 6.45) is -6.07. The van der Waals surface area contributed by atoms with Gasteiger partial charge in [-0.15, -0.1) is 13.2 Å². The average molecular weight is 340 g/mol. The van der Waals surface area contributed by atoms with E-state index < -0.39 is 24.1 Å². The standard InChI is InChI=1S/C15H11F3N2O4/c16-15(17,18)24-12-3-1-2-9(8-12)13(21)19-10-4-6-11(7-5-10)20-14(22)23/h1-8,20H,(H,19,21)(H,22,23). The van der Waals surface area contributed by atoms with Crippen LogP contribution in [0.5, 0.6) is 5.75 Å². The number of halogens is 3. The van der Waals surface area contributed by atoms with E-state index in [1.165, 1.54) is 36.4 Å². The molecule has 0 aromatic heterocycles. The molecule has 0 bridgehead atoms. The maximum Gasteiger partial charge on any atom is 0.573 e. The van der Waals surface area contributed by atoms with Crippen LogP contribution >= 0.6 is 0 Å². The Balaban J connectivity index is 2.07. The van der Waals surface area contributed by atoms with Crippen LogP contribution in [-0.2, 0) is 0 Å².